The standard InChI is InChI=1S/C32H31BrFN5O4/c1-4-25-29(23-15-12-21(33)17-24(23)34)36-30(35-25)26(16-19-8-6-5-7-9-19)39-31(41)28(37-32(39)42)20-10-13-22(14-11-20)43-18-27(40)38(2)3/h5-15,17,26,41H,4,16,18H2,1-3H3,(H,35,36)(H,37,42)/t26-/m0/s1. The third-order valence-electron chi connectivity index (χ3n) is 7.14. The van der Waals surface area contributed by atoms with Gasteiger partial charge in [0.25, 0.3) is 5.91 Å². The number of imidazole rings is 2. The van der Waals surface area contributed by atoms with E-state index in [1.54, 1.807) is 50.5 Å². The molecule has 0 saturated heterocycles. The second-order valence-corrected chi connectivity index (χ2v) is 11.1. The predicted molar refractivity (Wildman–Crippen MR) is 166 cm³/mol. The Kier molecular flexibility index (Phi) is 8.81. The molecule has 0 aliphatic rings. The van der Waals surface area contributed by atoms with Crippen molar-refractivity contribution >= 4 is 21.8 Å². The summed E-state index contributed by atoms with van der Waals surface area (Å²) in [7, 11) is 3.30. The van der Waals surface area contributed by atoms with Crippen molar-refractivity contribution in [2.24, 2.45) is 0 Å². The van der Waals surface area contributed by atoms with Crippen molar-refractivity contribution < 1.29 is 19.0 Å². The molecule has 3 N–H and O–H groups in total. The van der Waals surface area contributed by atoms with Gasteiger partial charge in [0.1, 0.15) is 29.1 Å². The summed E-state index contributed by atoms with van der Waals surface area (Å²) >= 11 is 3.30. The van der Waals surface area contributed by atoms with Gasteiger partial charge >= 0.3 is 5.69 Å². The monoisotopic (exact) mass is 647 g/mol. The summed E-state index contributed by atoms with van der Waals surface area (Å²) in [5.74, 6) is 0.00741. The first-order valence-corrected chi connectivity index (χ1v) is 14.5. The minimum Gasteiger partial charge on any atom is -0.493 e. The Bertz CT molecular complexity index is 1800. The molecule has 9 nitrogen and oxygen atoms in total. The van der Waals surface area contributed by atoms with E-state index in [2.05, 4.69) is 25.9 Å². The fourth-order valence-electron chi connectivity index (χ4n) is 4.82. The number of benzene rings is 3. The van der Waals surface area contributed by atoms with Crippen LogP contribution < -0.4 is 10.4 Å². The van der Waals surface area contributed by atoms with Crippen molar-refractivity contribution in [3.05, 3.63) is 111 Å². The zero-order valence-corrected chi connectivity index (χ0v) is 25.5. The van der Waals surface area contributed by atoms with Gasteiger partial charge in [0.05, 0.1) is 5.69 Å². The maximum Gasteiger partial charge on any atom is 0.329 e. The van der Waals surface area contributed by atoms with Crippen LogP contribution in [0, 0.1) is 5.82 Å². The molecule has 0 spiro atoms. The van der Waals surface area contributed by atoms with Crippen LogP contribution in [-0.2, 0) is 17.6 Å². The van der Waals surface area contributed by atoms with E-state index in [1.807, 2.05) is 37.3 Å². The fourth-order valence-corrected chi connectivity index (χ4v) is 5.15. The van der Waals surface area contributed by atoms with Crippen molar-refractivity contribution in [2.45, 2.75) is 25.8 Å². The Hall–Kier alpha value is -4.64. The zero-order chi connectivity index (χ0) is 30.7. The Labute approximate surface area is 256 Å². The maximum atomic E-state index is 15.0. The highest BCUT2D eigenvalue weighted by Gasteiger charge is 2.28. The second-order valence-electron chi connectivity index (χ2n) is 10.2. The highest BCUT2D eigenvalue weighted by molar-refractivity contribution is 9.10. The van der Waals surface area contributed by atoms with Crippen LogP contribution in [0.3, 0.4) is 0 Å². The number of rotatable bonds is 10. The number of carbonyl (C=O) groups excluding carboxylic acids is 1. The predicted octanol–water partition coefficient (Wildman–Crippen LogP) is 5.70. The zero-order valence-electron chi connectivity index (χ0n) is 23.9. The number of ether oxygens (including phenoxy) is 1. The highest BCUT2D eigenvalue weighted by Crippen LogP contribution is 2.34. The molecular formula is C32H31BrFN5O4. The van der Waals surface area contributed by atoms with Gasteiger partial charge in [-0.2, -0.15) is 0 Å². The molecule has 1 atom stereocenters. The number of aromatic hydroxyl groups is 1. The molecule has 0 bridgehead atoms. The van der Waals surface area contributed by atoms with E-state index in [0.29, 0.717) is 51.4 Å². The molecule has 0 fully saturated rings. The first kappa shape index (κ1) is 29.8. The molecule has 0 unspecified atom stereocenters. The smallest absolute Gasteiger partial charge is 0.329 e. The fraction of sp³-hybridized carbons (Fsp3) is 0.219. The number of likely N-dealkylation sites (N-methyl/N-ethyl adjacent to an activating group) is 1. The SMILES string of the molecule is CCc1[nH]c([C@H](Cc2ccccc2)n2c(O)c(-c3ccc(OCC(=O)N(C)C)cc3)[nH]c2=O)nc1-c1ccc(Br)cc1F. The number of H-pyrrole nitrogens is 2. The maximum absolute atomic E-state index is 15.0. The van der Waals surface area contributed by atoms with Crippen LogP contribution in [0.4, 0.5) is 4.39 Å². The van der Waals surface area contributed by atoms with Crippen molar-refractivity contribution in [2.75, 3.05) is 20.7 Å². The number of nitrogens with zero attached hydrogens (tertiary/aromatic N) is 3. The lowest BCUT2D eigenvalue weighted by Gasteiger charge is -2.17. The molecule has 5 rings (SSSR count). The van der Waals surface area contributed by atoms with Gasteiger partial charge in [-0.15, -0.1) is 0 Å². The lowest BCUT2D eigenvalue weighted by atomic mass is 10.0. The van der Waals surface area contributed by atoms with E-state index >= 15 is 0 Å². The number of hydrogen-bond donors (Lipinski definition) is 3. The van der Waals surface area contributed by atoms with Gasteiger partial charge in [-0.05, 0) is 54.4 Å². The van der Waals surface area contributed by atoms with Gasteiger partial charge in [0, 0.05) is 41.8 Å². The number of amides is 1. The van der Waals surface area contributed by atoms with Gasteiger partial charge < -0.3 is 24.7 Å². The number of halogens is 2. The van der Waals surface area contributed by atoms with Gasteiger partial charge in [-0.25, -0.2) is 14.2 Å². The van der Waals surface area contributed by atoms with Crippen molar-refractivity contribution in [1.82, 2.24) is 24.4 Å². The van der Waals surface area contributed by atoms with Gasteiger partial charge in [-0.3, -0.25) is 9.36 Å². The molecule has 1 amide bonds. The molecule has 0 saturated carbocycles. The van der Waals surface area contributed by atoms with Gasteiger partial charge in [0.15, 0.2) is 6.61 Å². The first-order valence-electron chi connectivity index (χ1n) is 13.7. The quantitative estimate of drug-likeness (QED) is 0.180. The summed E-state index contributed by atoms with van der Waals surface area (Å²) < 4.78 is 22.4. The minimum absolute atomic E-state index is 0.110. The number of hydrogen-bond acceptors (Lipinski definition) is 5. The molecule has 0 aliphatic heterocycles. The summed E-state index contributed by atoms with van der Waals surface area (Å²) in [5, 5.41) is 11.4. The van der Waals surface area contributed by atoms with Crippen LogP contribution >= 0.6 is 15.9 Å². The molecule has 0 radical (unpaired) electrons. The topological polar surface area (TPSA) is 116 Å². The third kappa shape index (κ3) is 6.41. The molecule has 0 aliphatic carbocycles. The number of aromatic amines is 2. The van der Waals surface area contributed by atoms with Crippen molar-refractivity contribution in [1.29, 1.82) is 0 Å². The number of aromatic nitrogens is 4. The molecule has 222 valence electrons. The van der Waals surface area contributed by atoms with Crippen LogP contribution in [0.2, 0.25) is 0 Å². The molecule has 11 heteroatoms. The second kappa shape index (κ2) is 12.7. The summed E-state index contributed by atoms with van der Waals surface area (Å²) in [6, 6.07) is 20.3. The molecule has 5 aromatic rings. The van der Waals surface area contributed by atoms with E-state index < -0.39 is 17.5 Å². The average molecular weight is 649 g/mol. The van der Waals surface area contributed by atoms with E-state index in [9.17, 15) is 19.1 Å². The van der Waals surface area contributed by atoms with Crippen LogP contribution in [-0.4, -0.2) is 56.1 Å². The van der Waals surface area contributed by atoms with Crippen molar-refractivity contribution in [3.63, 3.8) is 0 Å². The summed E-state index contributed by atoms with van der Waals surface area (Å²) in [5.41, 5.74) is 2.65. The van der Waals surface area contributed by atoms with E-state index in [1.165, 1.54) is 15.5 Å². The van der Waals surface area contributed by atoms with E-state index in [0.717, 1.165) is 5.56 Å². The molecule has 3 aromatic carbocycles. The van der Waals surface area contributed by atoms with Crippen LogP contribution in [0.1, 0.15) is 30.0 Å². The van der Waals surface area contributed by atoms with Crippen molar-refractivity contribution in [3.8, 4) is 34.1 Å². The van der Waals surface area contributed by atoms with Gasteiger partial charge in [-0.1, -0.05) is 53.2 Å². The lowest BCUT2D eigenvalue weighted by molar-refractivity contribution is -0.130. The van der Waals surface area contributed by atoms with Gasteiger partial charge in [0.2, 0.25) is 5.88 Å². The lowest BCUT2D eigenvalue weighted by Crippen LogP contribution is -2.27. The molecule has 2 aromatic heterocycles. The molecular weight excluding hydrogens is 617 g/mol. The normalized spacial score (nSPS) is 11.8. The molecule has 2 heterocycles. The third-order valence-corrected chi connectivity index (χ3v) is 7.64. The summed E-state index contributed by atoms with van der Waals surface area (Å²) in [6.07, 6.45) is 0.876. The average Bonchev–Trinajstić information content (AvgIpc) is 3.55. The van der Waals surface area contributed by atoms with Crippen LogP contribution in [0.15, 0.2) is 82.1 Å². The number of carbonyl (C=O) groups is 1. The minimum atomic E-state index is -0.739. The molecule has 43 heavy (non-hydrogen) atoms. The van der Waals surface area contributed by atoms with E-state index in [4.69, 9.17) is 9.72 Å². The highest BCUT2D eigenvalue weighted by atomic mass is 79.9. The van der Waals surface area contributed by atoms with E-state index in [-0.39, 0.29) is 24.1 Å². The Balaban J connectivity index is 1.55. The Morgan fingerprint density at radius 3 is 2.47 bits per heavy atom. The summed E-state index contributed by atoms with van der Waals surface area (Å²) in [4.78, 5) is 37.6. The number of aryl methyl sites for hydroxylation is 1. The summed E-state index contributed by atoms with van der Waals surface area (Å²) in [6.45, 7) is 1.83. The largest absolute Gasteiger partial charge is 0.493 e. The Morgan fingerprint density at radius 2 is 1.81 bits per heavy atom. The number of nitrogens with one attached hydrogen (secondary N) is 2. The van der Waals surface area contributed by atoms with Crippen LogP contribution in [0.5, 0.6) is 11.6 Å². The van der Waals surface area contributed by atoms with Crippen LogP contribution in [0.25, 0.3) is 22.5 Å². The first-order chi connectivity index (χ1) is 20.7. The Morgan fingerprint density at radius 1 is 1.09 bits per heavy atom.